The van der Waals surface area contributed by atoms with E-state index in [-0.39, 0.29) is 6.04 Å². The highest BCUT2D eigenvalue weighted by Crippen LogP contribution is 2.32. The predicted molar refractivity (Wildman–Crippen MR) is 103 cm³/mol. The van der Waals surface area contributed by atoms with Crippen molar-refractivity contribution in [1.82, 2.24) is 25.0 Å². The molecule has 1 saturated heterocycles. The molecule has 6 heteroatoms. The van der Waals surface area contributed by atoms with E-state index < -0.39 is 0 Å². The summed E-state index contributed by atoms with van der Waals surface area (Å²) in [5.41, 5.74) is 3.92. The molecule has 0 bridgehead atoms. The average molecular weight is 359 g/mol. The fourth-order valence-corrected chi connectivity index (χ4v) is 3.86. The molecule has 0 radical (unpaired) electrons. The van der Waals surface area contributed by atoms with Crippen LogP contribution in [-0.4, -0.2) is 31.6 Å². The number of imidazole rings is 1. The van der Waals surface area contributed by atoms with Gasteiger partial charge in [0.25, 0.3) is 0 Å². The van der Waals surface area contributed by atoms with Gasteiger partial charge in [0.05, 0.1) is 23.6 Å². The van der Waals surface area contributed by atoms with Crippen molar-refractivity contribution in [2.45, 2.75) is 31.8 Å². The topological polar surface area (TPSA) is 70.8 Å². The maximum absolute atomic E-state index is 5.61. The minimum Gasteiger partial charge on any atom is -0.359 e. The number of para-hydroxylation sites is 2. The lowest BCUT2D eigenvalue weighted by molar-refractivity contribution is 0.121. The molecule has 3 aromatic heterocycles. The van der Waals surface area contributed by atoms with Gasteiger partial charge in [0.1, 0.15) is 11.5 Å². The molecule has 0 unspecified atom stereocenters. The molecule has 136 valence electrons. The van der Waals surface area contributed by atoms with Crippen molar-refractivity contribution in [3.8, 4) is 11.3 Å². The Kier molecular flexibility index (Phi) is 4.18. The second-order valence-corrected chi connectivity index (χ2v) is 7.04. The number of nitrogens with zero attached hydrogens (tertiary/aromatic N) is 4. The van der Waals surface area contributed by atoms with Gasteiger partial charge in [-0.2, -0.15) is 0 Å². The molecule has 0 amide bonds. The summed E-state index contributed by atoms with van der Waals surface area (Å²) in [7, 11) is 0. The van der Waals surface area contributed by atoms with E-state index in [1.165, 1.54) is 12.8 Å². The lowest BCUT2D eigenvalue weighted by Gasteiger charge is -2.33. The van der Waals surface area contributed by atoms with Crippen molar-refractivity contribution in [2.24, 2.45) is 0 Å². The van der Waals surface area contributed by atoms with Crippen LogP contribution in [0.25, 0.3) is 22.3 Å². The van der Waals surface area contributed by atoms with Crippen molar-refractivity contribution >= 4 is 11.0 Å². The van der Waals surface area contributed by atoms with Crippen LogP contribution in [0.4, 0.5) is 0 Å². The molecule has 0 saturated carbocycles. The number of pyridine rings is 1. The molecule has 4 aromatic rings. The van der Waals surface area contributed by atoms with Crippen LogP contribution in [-0.2, 0) is 6.54 Å². The predicted octanol–water partition coefficient (Wildman–Crippen LogP) is 4.34. The zero-order valence-corrected chi connectivity index (χ0v) is 15.0. The van der Waals surface area contributed by atoms with E-state index in [0.717, 1.165) is 53.4 Å². The Bertz CT molecular complexity index is 1010. The summed E-state index contributed by atoms with van der Waals surface area (Å²) in [5.74, 6) is 1.92. The molecule has 1 fully saturated rings. The number of aromatic nitrogens is 4. The zero-order chi connectivity index (χ0) is 18.1. The SMILES string of the molecule is c1cncc(-c2cc(CN3CCCC[C@@H]3c3nc4ccccc4[nH]3)on2)c1. The minimum atomic E-state index is 0.276. The van der Waals surface area contributed by atoms with Crippen LogP contribution in [0.2, 0.25) is 0 Å². The lowest BCUT2D eigenvalue weighted by atomic mass is 10.0. The van der Waals surface area contributed by atoms with E-state index in [4.69, 9.17) is 9.51 Å². The smallest absolute Gasteiger partial charge is 0.151 e. The lowest BCUT2D eigenvalue weighted by Crippen LogP contribution is -2.33. The van der Waals surface area contributed by atoms with Crippen molar-refractivity contribution in [3.63, 3.8) is 0 Å². The fourth-order valence-electron chi connectivity index (χ4n) is 3.86. The number of likely N-dealkylation sites (tertiary alicyclic amines) is 1. The van der Waals surface area contributed by atoms with Gasteiger partial charge in [-0.05, 0) is 43.7 Å². The average Bonchev–Trinajstić information content (AvgIpc) is 3.36. The standard InChI is InChI=1S/C21H21N5O/c1-2-8-18-17(7-1)23-21(24-18)20-9-3-4-11-26(20)14-16-12-19(25-27-16)15-6-5-10-22-13-15/h1-2,5-8,10,12-13,20H,3-4,9,11,14H2,(H,23,24)/t20-/m1/s1. The van der Waals surface area contributed by atoms with E-state index in [1.54, 1.807) is 12.4 Å². The molecule has 6 nitrogen and oxygen atoms in total. The highest BCUT2D eigenvalue weighted by atomic mass is 16.5. The Morgan fingerprint density at radius 2 is 2.11 bits per heavy atom. The molecule has 1 aromatic carbocycles. The molecule has 0 aliphatic carbocycles. The second-order valence-electron chi connectivity index (χ2n) is 7.04. The van der Waals surface area contributed by atoms with Gasteiger partial charge in [-0.3, -0.25) is 9.88 Å². The van der Waals surface area contributed by atoms with E-state index >= 15 is 0 Å². The van der Waals surface area contributed by atoms with E-state index in [1.807, 2.05) is 30.3 Å². The highest BCUT2D eigenvalue weighted by molar-refractivity contribution is 5.74. The van der Waals surface area contributed by atoms with Gasteiger partial charge < -0.3 is 9.51 Å². The second kappa shape index (κ2) is 6.96. The molecular formula is C21H21N5O. The van der Waals surface area contributed by atoms with Crippen LogP contribution in [0.3, 0.4) is 0 Å². The Morgan fingerprint density at radius 3 is 3.00 bits per heavy atom. The van der Waals surface area contributed by atoms with E-state index in [0.29, 0.717) is 0 Å². The molecule has 27 heavy (non-hydrogen) atoms. The number of benzene rings is 1. The molecule has 0 spiro atoms. The first kappa shape index (κ1) is 16.2. The number of hydrogen-bond donors (Lipinski definition) is 1. The summed E-state index contributed by atoms with van der Waals surface area (Å²) < 4.78 is 5.61. The largest absolute Gasteiger partial charge is 0.359 e. The number of hydrogen-bond acceptors (Lipinski definition) is 5. The number of aromatic amines is 1. The maximum Gasteiger partial charge on any atom is 0.151 e. The van der Waals surface area contributed by atoms with Crippen LogP contribution in [0, 0.1) is 0 Å². The van der Waals surface area contributed by atoms with Crippen molar-refractivity contribution in [3.05, 3.63) is 66.4 Å². The van der Waals surface area contributed by atoms with Gasteiger partial charge in [-0.25, -0.2) is 4.98 Å². The number of fused-ring (bicyclic) bond motifs is 1. The third-order valence-electron chi connectivity index (χ3n) is 5.21. The monoisotopic (exact) mass is 359 g/mol. The maximum atomic E-state index is 5.61. The molecule has 1 atom stereocenters. The third-order valence-corrected chi connectivity index (χ3v) is 5.21. The summed E-state index contributed by atoms with van der Waals surface area (Å²) in [4.78, 5) is 14.9. The minimum absolute atomic E-state index is 0.276. The van der Waals surface area contributed by atoms with Crippen LogP contribution in [0.1, 0.15) is 36.9 Å². The Morgan fingerprint density at radius 1 is 1.15 bits per heavy atom. The van der Waals surface area contributed by atoms with Crippen LogP contribution < -0.4 is 0 Å². The van der Waals surface area contributed by atoms with Crippen LogP contribution in [0.5, 0.6) is 0 Å². The first-order valence-electron chi connectivity index (χ1n) is 9.41. The van der Waals surface area contributed by atoms with Gasteiger partial charge in [0.15, 0.2) is 5.76 Å². The van der Waals surface area contributed by atoms with E-state index in [9.17, 15) is 0 Å². The zero-order valence-electron chi connectivity index (χ0n) is 15.0. The molecule has 1 N–H and O–H groups in total. The molecule has 5 rings (SSSR count). The Hall–Kier alpha value is -2.99. The summed E-state index contributed by atoms with van der Waals surface area (Å²) in [5, 5.41) is 4.22. The summed E-state index contributed by atoms with van der Waals surface area (Å²) in [6.45, 7) is 1.76. The van der Waals surface area contributed by atoms with Gasteiger partial charge in [-0.15, -0.1) is 0 Å². The summed E-state index contributed by atoms with van der Waals surface area (Å²) in [6, 6.07) is 14.4. The van der Waals surface area contributed by atoms with Gasteiger partial charge in [0.2, 0.25) is 0 Å². The number of rotatable bonds is 4. The fraction of sp³-hybridized carbons (Fsp3) is 0.286. The Balaban J connectivity index is 1.39. The third kappa shape index (κ3) is 3.24. The summed E-state index contributed by atoms with van der Waals surface area (Å²) >= 11 is 0. The number of nitrogens with one attached hydrogen (secondary N) is 1. The number of H-pyrrole nitrogens is 1. The highest BCUT2D eigenvalue weighted by Gasteiger charge is 2.27. The van der Waals surface area contributed by atoms with Crippen LogP contribution >= 0.6 is 0 Å². The Labute approximate surface area is 157 Å². The van der Waals surface area contributed by atoms with Gasteiger partial charge in [0, 0.05) is 24.0 Å². The summed E-state index contributed by atoms with van der Waals surface area (Å²) in [6.07, 6.45) is 7.08. The molecular weight excluding hydrogens is 338 g/mol. The first-order valence-corrected chi connectivity index (χ1v) is 9.41. The molecule has 1 aliphatic heterocycles. The van der Waals surface area contributed by atoms with Gasteiger partial charge in [-0.1, -0.05) is 23.7 Å². The quantitative estimate of drug-likeness (QED) is 0.587. The first-order chi connectivity index (χ1) is 13.4. The molecule has 4 heterocycles. The number of piperidine rings is 1. The van der Waals surface area contributed by atoms with Gasteiger partial charge >= 0.3 is 0 Å². The van der Waals surface area contributed by atoms with Crippen molar-refractivity contribution in [1.29, 1.82) is 0 Å². The van der Waals surface area contributed by atoms with Crippen LogP contribution in [0.15, 0.2) is 59.4 Å². The van der Waals surface area contributed by atoms with E-state index in [2.05, 4.69) is 32.2 Å². The normalized spacial score (nSPS) is 18.1. The van der Waals surface area contributed by atoms with Crippen molar-refractivity contribution < 1.29 is 4.52 Å². The molecule has 1 aliphatic rings. The van der Waals surface area contributed by atoms with Crippen molar-refractivity contribution in [2.75, 3.05) is 6.54 Å².